The van der Waals surface area contributed by atoms with E-state index in [1.165, 1.54) is 0 Å². The van der Waals surface area contributed by atoms with Gasteiger partial charge in [-0.2, -0.15) is 0 Å². The Balaban J connectivity index is 2.05. The molecule has 2 nitrogen and oxygen atoms in total. The molecule has 0 aliphatic heterocycles. The van der Waals surface area contributed by atoms with Crippen molar-refractivity contribution >= 4 is 27.5 Å². The van der Waals surface area contributed by atoms with Gasteiger partial charge in [0.2, 0.25) is 0 Å². The van der Waals surface area contributed by atoms with E-state index < -0.39 is 6.10 Å². The average molecular weight is 342 g/mol. The van der Waals surface area contributed by atoms with Crippen molar-refractivity contribution in [2.24, 2.45) is 0 Å². The number of hydrogen-bond donors (Lipinski definition) is 1. The summed E-state index contributed by atoms with van der Waals surface area (Å²) in [6.07, 6.45) is -0.530. The first-order valence-corrected chi connectivity index (χ1v) is 7.08. The van der Waals surface area contributed by atoms with Gasteiger partial charge >= 0.3 is 0 Å². The monoisotopic (exact) mass is 340 g/mol. The third kappa shape index (κ3) is 3.96. The molecule has 0 saturated heterocycles. The second-order valence-corrected chi connectivity index (χ2v) is 5.60. The van der Waals surface area contributed by atoms with Crippen LogP contribution in [-0.4, -0.2) is 5.11 Å². The quantitative estimate of drug-likeness (QED) is 0.870. The Labute approximate surface area is 126 Å². The summed E-state index contributed by atoms with van der Waals surface area (Å²) in [5, 5.41) is 9.98. The summed E-state index contributed by atoms with van der Waals surface area (Å²) in [7, 11) is 0. The van der Waals surface area contributed by atoms with E-state index in [1.807, 2.05) is 30.3 Å². The molecule has 4 heteroatoms. The first kappa shape index (κ1) is 14.4. The number of rotatable bonds is 4. The molecular formula is C15H14BrClO2. The highest BCUT2D eigenvalue weighted by Gasteiger charge is 2.06. The van der Waals surface area contributed by atoms with E-state index in [4.69, 9.17) is 16.3 Å². The summed E-state index contributed by atoms with van der Waals surface area (Å²) in [6.45, 7) is 2.16. The van der Waals surface area contributed by atoms with Crippen LogP contribution in [0.5, 0.6) is 5.75 Å². The lowest BCUT2D eigenvalue weighted by atomic mass is 10.1. The number of aliphatic hydroxyl groups is 1. The fourth-order valence-electron chi connectivity index (χ4n) is 1.64. The molecule has 0 aliphatic rings. The summed E-state index contributed by atoms with van der Waals surface area (Å²) < 4.78 is 6.71. The molecule has 0 aromatic heterocycles. The largest absolute Gasteiger partial charge is 0.487 e. The van der Waals surface area contributed by atoms with Gasteiger partial charge in [0.1, 0.15) is 12.4 Å². The first-order valence-electron chi connectivity index (χ1n) is 5.91. The van der Waals surface area contributed by atoms with Gasteiger partial charge in [-0.1, -0.05) is 45.7 Å². The van der Waals surface area contributed by atoms with Crippen LogP contribution in [0, 0.1) is 0 Å². The normalized spacial score (nSPS) is 12.2. The molecular weight excluding hydrogens is 328 g/mol. The third-order valence-electron chi connectivity index (χ3n) is 2.75. The molecule has 0 amide bonds. The zero-order chi connectivity index (χ0) is 13.8. The van der Waals surface area contributed by atoms with Crippen molar-refractivity contribution in [3.05, 3.63) is 63.1 Å². The minimum absolute atomic E-state index is 0.459. The predicted molar refractivity (Wildman–Crippen MR) is 80.6 cm³/mol. The van der Waals surface area contributed by atoms with Gasteiger partial charge in [-0.15, -0.1) is 0 Å². The Morgan fingerprint density at radius 3 is 2.47 bits per heavy atom. The molecule has 2 aromatic rings. The Bertz CT molecular complexity index is 553. The maximum Gasteiger partial charge on any atom is 0.138 e. The van der Waals surface area contributed by atoms with Crippen LogP contribution in [0.1, 0.15) is 24.2 Å². The molecule has 1 N–H and O–H groups in total. The molecule has 0 saturated carbocycles. The molecule has 0 fully saturated rings. The van der Waals surface area contributed by atoms with Crippen molar-refractivity contribution in [1.29, 1.82) is 0 Å². The SMILES string of the molecule is C[C@H](O)c1ccc(OCc2ccc(Br)cc2)c(Cl)c1. The fraction of sp³-hybridized carbons (Fsp3) is 0.200. The van der Waals surface area contributed by atoms with Crippen molar-refractivity contribution in [2.75, 3.05) is 0 Å². The van der Waals surface area contributed by atoms with Crippen LogP contribution >= 0.6 is 27.5 Å². The summed E-state index contributed by atoms with van der Waals surface area (Å²) in [6, 6.07) is 13.2. The van der Waals surface area contributed by atoms with E-state index in [0.29, 0.717) is 17.4 Å². The van der Waals surface area contributed by atoms with E-state index in [2.05, 4.69) is 15.9 Å². The number of hydrogen-bond acceptors (Lipinski definition) is 2. The maximum atomic E-state index is 9.47. The van der Waals surface area contributed by atoms with Gasteiger partial charge in [-0.05, 0) is 42.3 Å². The van der Waals surface area contributed by atoms with Crippen LogP contribution < -0.4 is 4.74 Å². The zero-order valence-corrected chi connectivity index (χ0v) is 12.8. The lowest BCUT2D eigenvalue weighted by Crippen LogP contribution is -1.97. The highest BCUT2D eigenvalue weighted by atomic mass is 79.9. The van der Waals surface area contributed by atoms with Gasteiger partial charge in [0, 0.05) is 4.47 Å². The summed E-state index contributed by atoms with van der Waals surface area (Å²) in [5.74, 6) is 0.619. The molecule has 0 unspecified atom stereocenters. The Morgan fingerprint density at radius 2 is 1.89 bits per heavy atom. The summed E-state index contributed by atoms with van der Waals surface area (Å²) >= 11 is 9.51. The van der Waals surface area contributed by atoms with E-state index in [9.17, 15) is 5.11 Å². The lowest BCUT2D eigenvalue weighted by Gasteiger charge is -2.11. The molecule has 2 aromatic carbocycles. The minimum Gasteiger partial charge on any atom is -0.487 e. The maximum absolute atomic E-state index is 9.47. The van der Waals surface area contributed by atoms with Crippen LogP contribution in [0.3, 0.4) is 0 Å². The van der Waals surface area contributed by atoms with Crippen LogP contribution in [0.4, 0.5) is 0 Å². The van der Waals surface area contributed by atoms with Crippen molar-refractivity contribution in [1.82, 2.24) is 0 Å². The van der Waals surface area contributed by atoms with Gasteiger partial charge in [0.15, 0.2) is 0 Å². The van der Waals surface area contributed by atoms with Crippen molar-refractivity contribution < 1.29 is 9.84 Å². The van der Waals surface area contributed by atoms with Gasteiger partial charge in [-0.25, -0.2) is 0 Å². The van der Waals surface area contributed by atoms with Gasteiger partial charge < -0.3 is 9.84 Å². The average Bonchev–Trinajstić information content (AvgIpc) is 2.39. The summed E-state index contributed by atoms with van der Waals surface area (Å²) in [4.78, 5) is 0. The van der Waals surface area contributed by atoms with E-state index in [0.717, 1.165) is 15.6 Å². The molecule has 0 aliphatic carbocycles. The highest BCUT2D eigenvalue weighted by Crippen LogP contribution is 2.28. The number of benzene rings is 2. The molecule has 2 rings (SSSR count). The van der Waals surface area contributed by atoms with Crippen LogP contribution in [-0.2, 0) is 6.61 Å². The minimum atomic E-state index is -0.530. The number of halogens is 2. The second-order valence-electron chi connectivity index (χ2n) is 4.28. The molecule has 0 radical (unpaired) electrons. The van der Waals surface area contributed by atoms with E-state index in [-0.39, 0.29) is 0 Å². The van der Waals surface area contributed by atoms with Crippen molar-refractivity contribution in [2.45, 2.75) is 19.6 Å². The number of aliphatic hydroxyl groups excluding tert-OH is 1. The third-order valence-corrected chi connectivity index (χ3v) is 3.57. The van der Waals surface area contributed by atoms with Gasteiger partial charge in [0.05, 0.1) is 11.1 Å². The highest BCUT2D eigenvalue weighted by molar-refractivity contribution is 9.10. The van der Waals surface area contributed by atoms with Crippen molar-refractivity contribution in [3.63, 3.8) is 0 Å². The Morgan fingerprint density at radius 1 is 1.21 bits per heavy atom. The van der Waals surface area contributed by atoms with E-state index in [1.54, 1.807) is 19.1 Å². The Hall–Kier alpha value is -1.03. The molecule has 0 heterocycles. The fourth-order valence-corrected chi connectivity index (χ4v) is 2.14. The number of ether oxygens (including phenoxy) is 1. The molecule has 100 valence electrons. The topological polar surface area (TPSA) is 29.5 Å². The molecule has 19 heavy (non-hydrogen) atoms. The smallest absolute Gasteiger partial charge is 0.138 e. The zero-order valence-electron chi connectivity index (χ0n) is 10.4. The van der Waals surface area contributed by atoms with Crippen LogP contribution in [0.15, 0.2) is 46.9 Å². The second kappa shape index (κ2) is 6.42. The molecule has 0 spiro atoms. The predicted octanol–water partition coefficient (Wildman–Crippen LogP) is 4.73. The molecule has 1 atom stereocenters. The standard InChI is InChI=1S/C15H14BrClO2/c1-10(18)12-4-7-15(14(17)8-12)19-9-11-2-5-13(16)6-3-11/h2-8,10,18H,9H2,1H3/t10-/m0/s1. The van der Waals surface area contributed by atoms with Crippen LogP contribution in [0.2, 0.25) is 5.02 Å². The van der Waals surface area contributed by atoms with Gasteiger partial charge in [0.25, 0.3) is 0 Å². The molecule has 0 bridgehead atoms. The van der Waals surface area contributed by atoms with E-state index >= 15 is 0 Å². The van der Waals surface area contributed by atoms with Crippen molar-refractivity contribution in [3.8, 4) is 5.75 Å². The first-order chi connectivity index (χ1) is 9.06. The van der Waals surface area contributed by atoms with Gasteiger partial charge in [-0.3, -0.25) is 0 Å². The summed E-state index contributed by atoms with van der Waals surface area (Å²) in [5.41, 5.74) is 1.85. The Kier molecular flexibility index (Phi) is 4.86. The lowest BCUT2D eigenvalue weighted by molar-refractivity contribution is 0.199. The van der Waals surface area contributed by atoms with Crippen LogP contribution in [0.25, 0.3) is 0 Å².